The first-order chi connectivity index (χ1) is 11.6. The van der Waals surface area contributed by atoms with Crippen molar-refractivity contribution in [3.63, 3.8) is 0 Å². The highest BCUT2D eigenvalue weighted by atomic mass is 16.5. The van der Waals surface area contributed by atoms with E-state index in [2.05, 4.69) is 15.2 Å². The molecule has 1 aromatic carbocycles. The Morgan fingerprint density at radius 2 is 1.96 bits per heavy atom. The Hall–Kier alpha value is -2.80. The maximum Gasteiger partial charge on any atom is 0.267 e. The molecule has 7 heteroatoms. The second-order valence-corrected chi connectivity index (χ2v) is 6.10. The van der Waals surface area contributed by atoms with Crippen LogP contribution in [0, 0.1) is 0 Å². The van der Waals surface area contributed by atoms with Gasteiger partial charge in [0.2, 0.25) is 5.89 Å². The van der Waals surface area contributed by atoms with E-state index in [-0.39, 0.29) is 12.1 Å². The van der Waals surface area contributed by atoms with E-state index in [1.165, 1.54) is 10.7 Å². The summed E-state index contributed by atoms with van der Waals surface area (Å²) in [5.41, 5.74) is 7.14. The van der Waals surface area contributed by atoms with Gasteiger partial charge in [-0.2, -0.15) is 10.1 Å². The van der Waals surface area contributed by atoms with Crippen LogP contribution >= 0.6 is 0 Å². The van der Waals surface area contributed by atoms with Crippen molar-refractivity contribution in [1.82, 2.24) is 19.9 Å². The summed E-state index contributed by atoms with van der Waals surface area (Å²) >= 11 is 0. The van der Waals surface area contributed by atoms with E-state index in [9.17, 15) is 4.79 Å². The van der Waals surface area contributed by atoms with Gasteiger partial charge in [0.15, 0.2) is 5.82 Å². The van der Waals surface area contributed by atoms with Gasteiger partial charge in [-0.05, 0) is 25.3 Å². The average molecular weight is 323 g/mol. The Morgan fingerprint density at radius 3 is 2.67 bits per heavy atom. The van der Waals surface area contributed by atoms with Crippen LogP contribution in [0.3, 0.4) is 0 Å². The van der Waals surface area contributed by atoms with Crippen LogP contribution in [0.1, 0.15) is 31.0 Å². The summed E-state index contributed by atoms with van der Waals surface area (Å²) in [6, 6.07) is 12.9. The third-order valence-electron chi connectivity index (χ3n) is 4.38. The predicted molar refractivity (Wildman–Crippen MR) is 87.0 cm³/mol. The van der Waals surface area contributed by atoms with Crippen LogP contribution in [0.5, 0.6) is 0 Å². The minimum Gasteiger partial charge on any atom is -0.337 e. The van der Waals surface area contributed by atoms with Crippen molar-refractivity contribution < 1.29 is 4.52 Å². The lowest BCUT2D eigenvalue weighted by Crippen LogP contribution is -2.44. The van der Waals surface area contributed by atoms with Gasteiger partial charge in [-0.25, -0.2) is 4.68 Å². The van der Waals surface area contributed by atoms with Gasteiger partial charge >= 0.3 is 0 Å². The van der Waals surface area contributed by atoms with Crippen LogP contribution in [0.4, 0.5) is 0 Å². The van der Waals surface area contributed by atoms with E-state index in [0.29, 0.717) is 17.4 Å². The number of hydrogen-bond acceptors (Lipinski definition) is 6. The van der Waals surface area contributed by atoms with Crippen molar-refractivity contribution in [1.29, 1.82) is 0 Å². The topological polar surface area (TPSA) is 99.8 Å². The molecule has 122 valence electrons. The summed E-state index contributed by atoms with van der Waals surface area (Å²) in [7, 11) is 0. The summed E-state index contributed by atoms with van der Waals surface area (Å²) in [6.07, 6.45) is 2.78. The normalized spacial score (nSPS) is 15.9. The molecule has 4 rings (SSSR count). The van der Waals surface area contributed by atoms with E-state index in [1.807, 2.05) is 30.3 Å². The molecular weight excluding hydrogens is 306 g/mol. The minimum atomic E-state index is -0.480. The highest BCUT2D eigenvalue weighted by molar-refractivity contribution is 5.57. The second-order valence-electron chi connectivity index (χ2n) is 6.10. The van der Waals surface area contributed by atoms with Crippen LogP contribution in [0.25, 0.3) is 11.3 Å². The fraction of sp³-hybridized carbons (Fsp3) is 0.294. The molecule has 1 aliphatic carbocycles. The summed E-state index contributed by atoms with van der Waals surface area (Å²) in [4.78, 5) is 16.4. The molecule has 3 aromatic rings. The van der Waals surface area contributed by atoms with Crippen LogP contribution in [0.15, 0.2) is 51.8 Å². The zero-order valence-corrected chi connectivity index (χ0v) is 13.1. The Bertz CT molecular complexity index is 912. The first kappa shape index (κ1) is 14.8. The van der Waals surface area contributed by atoms with Gasteiger partial charge in [0.25, 0.3) is 5.56 Å². The molecule has 1 fully saturated rings. The number of nitrogens with zero attached hydrogens (tertiary/aromatic N) is 4. The van der Waals surface area contributed by atoms with E-state index >= 15 is 0 Å². The molecule has 0 spiro atoms. The standard InChI is InChI=1S/C17H17N5O2/c18-17(9-4-10-17)16-19-14(24-21-16)11-22-15(23)8-7-13(20-22)12-5-2-1-3-6-12/h1-3,5-8H,4,9-11,18H2. The molecule has 0 saturated heterocycles. The zero-order chi connectivity index (χ0) is 16.6. The lowest BCUT2D eigenvalue weighted by molar-refractivity contribution is 0.228. The predicted octanol–water partition coefficient (Wildman–Crippen LogP) is 1.68. The molecule has 7 nitrogen and oxygen atoms in total. The fourth-order valence-corrected chi connectivity index (χ4v) is 2.76. The second kappa shape index (κ2) is 5.68. The lowest BCUT2D eigenvalue weighted by atomic mass is 9.77. The molecule has 2 aromatic heterocycles. The monoisotopic (exact) mass is 323 g/mol. The van der Waals surface area contributed by atoms with Crippen molar-refractivity contribution in [3.8, 4) is 11.3 Å². The Kier molecular flexibility index (Phi) is 3.50. The Labute approximate surface area is 138 Å². The zero-order valence-electron chi connectivity index (χ0n) is 13.1. The van der Waals surface area contributed by atoms with Crippen molar-refractivity contribution in [2.24, 2.45) is 5.73 Å². The first-order valence-corrected chi connectivity index (χ1v) is 7.90. The molecule has 24 heavy (non-hydrogen) atoms. The lowest BCUT2D eigenvalue weighted by Gasteiger charge is -2.34. The van der Waals surface area contributed by atoms with E-state index in [1.54, 1.807) is 6.07 Å². The molecule has 0 atom stereocenters. The maximum absolute atomic E-state index is 12.1. The molecule has 0 aliphatic heterocycles. The summed E-state index contributed by atoms with van der Waals surface area (Å²) in [6.45, 7) is 0.128. The molecule has 2 N–H and O–H groups in total. The number of nitrogens with two attached hydrogens (primary N) is 1. The fourth-order valence-electron chi connectivity index (χ4n) is 2.76. The van der Waals surface area contributed by atoms with Gasteiger partial charge in [-0.15, -0.1) is 0 Å². The van der Waals surface area contributed by atoms with E-state index in [0.717, 1.165) is 24.8 Å². The van der Waals surface area contributed by atoms with Crippen LogP contribution in [0.2, 0.25) is 0 Å². The molecule has 0 unspecified atom stereocenters. The quantitative estimate of drug-likeness (QED) is 0.784. The summed E-state index contributed by atoms with van der Waals surface area (Å²) in [5.74, 6) is 0.845. The number of rotatable bonds is 4. The first-order valence-electron chi connectivity index (χ1n) is 7.90. The van der Waals surface area contributed by atoms with Crippen LogP contribution < -0.4 is 11.3 Å². The van der Waals surface area contributed by atoms with Crippen molar-refractivity contribution in [2.75, 3.05) is 0 Å². The molecule has 2 heterocycles. The molecule has 0 amide bonds. The highest BCUT2D eigenvalue weighted by Gasteiger charge is 2.39. The van der Waals surface area contributed by atoms with Gasteiger partial charge in [0, 0.05) is 11.6 Å². The Morgan fingerprint density at radius 1 is 1.17 bits per heavy atom. The third kappa shape index (κ3) is 2.63. The van der Waals surface area contributed by atoms with Crippen molar-refractivity contribution in [2.45, 2.75) is 31.3 Å². The minimum absolute atomic E-state index is 0.128. The van der Waals surface area contributed by atoms with E-state index < -0.39 is 5.54 Å². The number of aromatic nitrogens is 4. The molecule has 1 saturated carbocycles. The summed E-state index contributed by atoms with van der Waals surface area (Å²) < 4.78 is 6.57. The van der Waals surface area contributed by atoms with Gasteiger partial charge in [0.05, 0.1) is 11.2 Å². The molecule has 0 bridgehead atoms. The number of hydrogen-bond donors (Lipinski definition) is 1. The van der Waals surface area contributed by atoms with Crippen LogP contribution in [-0.4, -0.2) is 19.9 Å². The van der Waals surface area contributed by atoms with Crippen LogP contribution in [-0.2, 0) is 12.1 Å². The summed E-state index contributed by atoms with van der Waals surface area (Å²) in [5, 5.41) is 8.35. The molecule has 1 aliphatic rings. The van der Waals surface area contributed by atoms with E-state index in [4.69, 9.17) is 10.3 Å². The van der Waals surface area contributed by atoms with Gasteiger partial charge < -0.3 is 10.3 Å². The third-order valence-corrected chi connectivity index (χ3v) is 4.38. The largest absolute Gasteiger partial charge is 0.337 e. The SMILES string of the molecule is NC1(c2noc(Cn3nc(-c4ccccc4)ccc3=O)n2)CCC1. The van der Waals surface area contributed by atoms with Crippen molar-refractivity contribution >= 4 is 0 Å². The maximum atomic E-state index is 12.1. The van der Waals surface area contributed by atoms with Gasteiger partial charge in [-0.1, -0.05) is 35.5 Å². The Balaban J connectivity index is 1.62. The highest BCUT2D eigenvalue weighted by Crippen LogP contribution is 2.36. The molecular formula is C17H17N5O2. The average Bonchev–Trinajstić information content (AvgIpc) is 3.04. The van der Waals surface area contributed by atoms with Crippen molar-refractivity contribution in [3.05, 3.63) is 64.5 Å². The molecule has 0 radical (unpaired) electrons. The smallest absolute Gasteiger partial charge is 0.267 e. The van der Waals surface area contributed by atoms with Gasteiger partial charge in [-0.3, -0.25) is 4.79 Å². The number of benzene rings is 1. The van der Waals surface area contributed by atoms with Gasteiger partial charge in [0.1, 0.15) is 6.54 Å².